The van der Waals surface area contributed by atoms with E-state index >= 15 is 0 Å². The van der Waals surface area contributed by atoms with E-state index in [4.69, 9.17) is 4.74 Å². The van der Waals surface area contributed by atoms with Crippen molar-refractivity contribution in [3.63, 3.8) is 0 Å². The van der Waals surface area contributed by atoms with Crippen molar-refractivity contribution in [1.29, 1.82) is 0 Å². The van der Waals surface area contributed by atoms with Gasteiger partial charge in [0, 0.05) is 0 Å². The summed E-state index contributed by atoms with van der Waals surface area (Å²) < 4.78 is 4.99. The number of unbranched alkanes of at least 4 members (excludes halogenated alkanes) is 1. The third-order valence-electron chi connectivity index (χ3n) is 2.79. The Balaban J connectivity index is 2.26. The summed E-state index contributed by atoms with van der Waals surface area (Å²) in [5, 5.41) is 2.86. The first-order valence-electron chi connectivity index (χ1n) is 6.70. The minimum Gasteiger partial charge on any atom is -0.461 e. The van der Waals surface area contributed by atoms with E-state index in [2.05, 4.69) is 17.3 Å². The molecule has 1 unspecified atom stereocenters. The number of nitroso groups, excluding NO2 is 1. The van der Waals surface area contributed by atoms with Gasteiger partial charge in [0.25, 0.3) is 0 Å². The van der Waals surface area contributed by atoms with Crippen LogP contribution in [0.1, 0.15) is 38.7 Å². The highest BCUT2D eigenvalue weighted by molar-refractivity contribution is 5.76. The van der Waals surface area contributed by atoms with Crippen molar-refractivity contribution >= 4 is 5.97 Å². The van der Waals surface area contributed by atoms with Crippen molar-refractivity contribution in [3.8, 4) is 0 Å². The Morgan fingerprint density at radius 1 is 1.21 bits per heavy atom. The SMILES string of the molecule is CC(C)OC(=O)C(CCCCc1ccccc1)N=O. The molecule has 0 amide bonds. The number of hydrogen-bond donors (Lipinski definition) is 0. The first kappa shape index (κ1) is 15.3. The van der Waals surface area contributed by atoms with Crippen LogP contribution >= 0.6 is 0 Å². The van der Waals surface area contributed by atoms with Crippen LogP contribution in [0, 0.1) is 4.91 Å². The molecule has 19 heavy (non-hydrogen) atoms. The molecule has 0 aliphatic heterocycles. The van der Waals surface area contributed by atoms with Gasteiger partial charge in [-0.25, -0.2) is 4.79 Å². The molecule has 0 radical (unpaired) electrons. The second-order valence-corrected chi connectivity index (χ2v) is 4.84. The summed E-state index contributed by atoms with van der Waals surface area (Å²) in [4.78, 5) is 22.2. The predicted octanol–water partition coefficient (Wildman–Crippen LogP) is 3.49. The van der Waals surface area contributed by atoms with Crippen molar-refractivity contribution in [2.75, 3.05) is 0 Å². The number of hydrogen-bond acceptors (Lipinski definition) is 4. The van der Waals surface area contributed by atoms with E-state index in [9.17, 15) is 9.70 Å². The zero-order valence-corrected chi connectivity index (χ0v) is 11.5. The fourth-order valence-corrected chi connectivity index (χ4v) is 1.84. The van der Waals surface area contributed by atoms with E-state index in [-0.39, 0.29) is 6.10 Å². The van der Waals surface area contributed by atoms with Crippen LogP contribution in [0.25, 0.3) is 0 Å². The molecule has 1 aromatic carbocycles. The van der Waals surface area contributed by atoms with Gasteiger partial charge in [-0.15, -0.1) is 4.91 Å². The topological polar surface area (TPSA) is 55.7 Å². The third-order valence-corrected chi connectivity index (χ3v) is 2.79. The molecular formula is C15H21NO3. The first-order valence-corrected chi connectivity index (χ1v) is 6.70. The van der Waals surface area contributed by atoms with E-state index in [1.165, 1.54) is 5.56 Å². The normalized spacial score (nSPS) is 12.2. The van der Waals surface area contributed by atoms with Gasteiger partial charge in [0.15, 0.2) is 6.04 Å². The zero-order chi connectivity index (χ0) is 14.1. The van der Waals surface area contributed by atoms with Crippen molar-refractivity contribution in [3.05, 3.63) is 40.8 Å². The molecule has 0 saturated carbocycles. The predicted molar refractivity (Wildman–Crippen MR) is 74.8 cm³/mol. The van der Waals surface area contributed by atoms with Crippen LogP contribution in [0.5, 0.6) is 0 Å². The van der Waals surface area contributed by atoms with Crippen LogP contribution in [-0.2, 0) is 16.0 Å². The van der Waals surface area contributed by atoms with Crippen LogP contribution in [0.15, 0.2) is 35.5 Å². The van der Waals surface area contributed by atoms with Crippen LogP contribution in [0.4, 0.5) is 0 Å². The molecule has 0 spiro atoms. The molecule has 0 fully saturated rings. The zero-order valence-electron chi connectivity index (χ0n) is 11.5. The molecule has 0 heterocycles. The Bertz CT molecular complexity index is 390. The van der Waals surface area contributed by atoms with Crippen LogP contribution < -0.4 is 0 Å². The van der Waals surface area contributed by atoms with Crippen molar-refractivity contribution in [2.24, 2.45) is 5.18 Å². The molecule has 0 bridgehead atoms. The third kappa shape index (κ3) is 6.13. The van der Waals surface area contributed by atoms with Gasteiger partial charge in [-0.1, -0.05) is 41.9 Å². The molecular weight excluding hydrogens is 242 g/mol. The van der Waals surface area contributed by atoms with Gasteiger partial charge in [0.1, 0.15) is 0 Å². The number of benzene rings is 1. The van der Waals surface area contributed by atoms with Gasteiger partial charge < -0.3 is 4.74 Å². The maximum Gasteiger partial charge on any atom is 0.334 e. The maximum absolute atomic E-state index is 11.5. The molecule has 1 aromatic rings. The minimum atomic E-state index is -0.863. The Hall–Kier alpha value is -1.71. The Morgan fingerprint density at radius 2 is 1.89 bits per heavy atom. The number of esters is 1. The molecule has 4 heteroatoms. The van der Waals surface area contributed by atoms with Gasteiger partial charge in [-0.05, 0) is 38.7 Å². The first-order chi connectivity index (χ1) is 9.13. The van der Waals surface area contributed by atoms with E-state index < -0.39 is 12.0 Å². The highest BCUT2D eigenvalue weighted by Crippen LogP contribution is 2.11. The standard InChI is InChI=1S/C15H21NO3/c1-12(2)19-15(17)14(16-18)11-7-6-10-13-8-4-3-5-9-13/h3-5,8-9,12,14H,6-7,10-11H2,1-2H3. The minimum absolute atomic E-state index is 0.207. The molecule has 1 atom stereocenters. The summed E-state index contributed by atoms with van der Waals surface area (Å²) in [6.45, 7) is 3.52. The summed E-state index contributed by atoms with van der Waals surface area (Å²) in [7, 11) is 0. The van der Waals surface area contributed by atoms with E-state index in [1.54, 1.807) is 13.8 Å². The molecule has 0 saturated heterocycles. The number of aryl methyl sites for hydroxylation is 1. The van der Waals surface area contributed by atoms with E-state index in [1.807, 2.05) is 18.2 Å². The van der Waals surface area contributed by atoms with Crippen LogP contribution in [0.3, 0.4) is 0 Å². The van der Waals surface area contributed by atoms with E-state index in [0.29, 0.717) is 6.42 Å². The summed E-state index contributed by atoms with van der Waals surface area (Å²) in [5.74, 6) is -0.510. The number of ether oxygens (including phenoxy) is 1. The lowest BCUT2D eigenvalue weighted by Crippen LogP contribution is -2.24. The molecule has 4 nitrogen and oxygen atoms in total. The lowest BCUT2D eigenvalue weighted by atomic mass is 10.0. The van der Waals surface area contributed by atoms with Gasteiger partial charge in [-0.2, -0.15) is 0 Å². The average molecular weight is 263 g/mol. The Kier molecular flexibility index (Phi) is 6.79. The van der Waals surface area contributed by atoms with Crippen molar-refractivity contribution in [1.82, 2.24) is 0 Å². The largest absolute Gasteiger partial charge is 0.461 e. The lowest BCUT2D eigenvalue weighted by molar-refractivity contribution is -0.149. The average Bonchev–Trinajstić information content (AvgIpc) is 2.39. The lowest BCUT2D eigenvalue weighted by Gasteiger charge is -2.11. The summed E-state index contributed by atoms with van der Waals surface area (Å²) in [6.07, 6.45) is 2.93. The Labute approximate surface area is 114 Å². The van der Waals surface area contributed by atoms with Crippen LogP contribution in [-0.4, -0.2) is 18.1 Å². The highest BCUT2D eigenvalue weighted by Gasteiger charge is 2.21. The van der Waals surface area contributed by atoms with E-state index in [0.717, 1.165) is 19.3 Å². The monoisotopic (exact) mass is 263 g/mol. The molecule has 1 rings (SSSR count). The summed E-state index contributed by atoms with van der Waals surface area (Å²) in [5.41, 5.74) is 1.27. The summed E-state index contributed by atoms with van der Waals surface area (Å²) in [6, 6.07) is 9.28. The molecule has 0 aliphatic rings. The second-order valence-electron chi connectivity index (χ2n) is 4.84. The number of carbonyl (C=O) groups excluding carboxylic acids is 1. The summed E-state index contributed by atoms with van der Waals surface area (Å²) >= 11 is 0. The number of rotatable bonds is 8. The maximum atomic E-state index is 11.5. The van der Waals surface area contributed by atoms with Gasteiger partial charge in [0.2, 0.25) is 0 Å². The second kappa shape index (κ2) is 8.40. The number of nitrogens with zero attached hydrogens (tertiary/aromatic N) is 1. The van der Waals surface area contributed by atoms with Gasteiger partial charge >= 0.3 is 5.97 Å². The van der Waals surface area contributed by atoms with Gasteiger partial charge in [0.05, 0.1) is 6.10 Å². The van der Waals surface area contributed by atoms with Crippen LogP contribution in [0.2, 0.25) is 0 Å². The molecule has 104 valence electrons. The molecule has 0 N–H and O–H groups in total. The molecule has 0 aromatic heterocycles. The quantitative estimate of drug-likeness (QED) is 0.410. The fraction of sp³-hybridized carbons (Fsp3) is 0.533. The van der Waals surface area contributed by atoms with Crippen molar-refractivity contribution in [2.45, 2.75) is 51.7 Å². The highest BCUT2D eigenvalue weighted by atomic mass is 16.5. The van der Waals surface area contributed by atoms with Gasteiger partial charge in [-0.3, -0.25) is 0 Å². The fourth-order valence-electron chi connectivity index (χ4n) is 1.84. The number of carbonyl (C=O) groups is 1. The molecule has 0 aliphatic carbocycles. The smallest absolute Gasteiger partial charge is 0.334 e. The Morgan fingerprint density at radius 3 is 2.47 bits per heavy atom. The van der Waals surface area contributed by atoms with Crippen molar-refractivity contribution < 1.29 is 9.53 Å².